The van der Waals surface area contributed by atoms with Gasteiger partial charge >= 0.3 is 0 Å². The Morgan fingerprint density at radius 3 is 2.62 bits per heavy atom. The molecule has 0 spiro atoms. The maximum atomic E-state index is 12.2. The maximum absolute atomic E-state index is 12.2. The molecule has 0 aliphatic carbocycles. The van der Waals surface area contributed by atoms with Crippen molar-refractivity contribution in [3.63, 3.8) is 0 Å². The van der Waals surface area contributed by atoms with Gasteiger partial charge in [0.2, 0.25) is 5.91 Å². The van der Waals surface area contributed by atoms with Gasteiger partial charge in [0.15, 0.2) is 5.16 Å². The molecule has 0 bridgehead atoms. The first-order valence-electron chi connectivity index (χ1n) is 9.09. The molecule has 5 nitrogen and oxygen atoms in total. The lowest BCUT2D eigenvalue weighted by atomic mass is 10.0. The summed E-state index contributed by atoms with van der Waals surface area (Å²) in [6, 6.07) is 7.98. The minimum atomic E-state index is 0.0522. The predicted octanol–water partition coefficient (Wildman–Crippen LogP) is 4.30. The Balaban J connectivity index is 1.84. The number of carbonyl (C=O) groups is 1. The van der Waals surface area contributed by atoms with Crippen molar-refractivity contribution in [2.75, 3.05) is 12.9 Å². The Bertz CT molecular complexity index is 683. The lowest BCUT2D eigenvalue weighted by Gasteiger charge is -2.14. The van der Waals surface area contributed by atoms with E-state index >= 15 is 0 Å². The highest BCUT2D eigenvalue weighted by atomic mass is 32.2. The molecule has 2 rings (SSSR count). The molecule has 1 N–H and O–H groups in total. The number of ether oxygens (including phenoxy) is 1. The fourth-order valence-corrected chi connectivity index (χ4v) is 3.47. The second-order valence-corrected chi connectivity index (χ2v) is 7.80. The van der Waals surface area contributed by atoms with Crippen LogP contribution in [0.25, 0.3) is 5.69 Å². The molecule has 0 fully saturated rings. The van der Waals surface area contributed by atoms with Crippen molar-refractivity contribution in [3.8, 4) is 11.4 Å². The van der Waals surface area contributed by atoms with E-state index in [0.29, 0.717) is 11.7 Å². The molecular formula is C20H29N3O2S. The zero-order chi connectivity index (χ0) is 18.9. The molecule has 6 heteroatoms. The fraction of sp³-hybridized carbons (Fsp3) is 0.500. The zero-order valence-electron chi connectivity index (χ0n) is 16.1. The summed E-state index contributed by atoms with van der Waals surface area (Å²) in [6.45, 7) is 6.52. The van der Waals surface area contributed by atoms with Crippen molar-refractivity contribution >= 4 is 17.7 Å². The third kappa shape index (κ3) is 6.41. The molecule has 0 aliphatic heterocycles. The molecular weight excluding hydrogens is 346 g/mol. The summed E-state index contributed by atoms with van der Waals surface area (Å²) >= 11 is 1.45. The van der Waals surface area contributed by atoms with E-state index in [1.807, 2.05) is 35.0 Å². The quantitative estimate of drug-likeness (QED) is 0.629. The van der Waals surface area contributed by atoms with Crippen LogP contribution in [-0.2, 0) is 4.79 Å². The van der Waals surface area contributed by atoms with Crippen LogP contribution in [0.2, 0.25) is 0 Å². The van der Waals surface area contributed by atoms with E-state index in [0.717, 1.165) is 29.4 Å². The second kappa shape index (κ2) is 10.3. The molecule has 1 aromatic carbocycles. The Labute approximate surface area is 160 Å². The van der Waals surface area contributed by atoms with Crippen LogP contribution in [0.3, 0.4) is 0 Å². The molecule has 0 radical (unpaired) electrons. The van der Waals surface area contributed by atoms with Gasteiger partial charge in [0, 0.05) is 24.1 Å². The second-order valence-electron chi connectivity index (χ2n) is 6.86. The van der Waals surface area contributed by atoms with E-state index in [4.69, 9.17) is 4.74 Å². The van der Waals surface area contributed by atoms with Gasteiger partial charge in [0.25, 0.3) is 0 Å². The maximum Gasteiger partial charge on any atom is 0.230 e. The third-order valence-electron chi connectivity index (χ3n) is 4.12. The van der Waals surface area contributed by atoms with Gasteiger partial charge in [-0.1, -0.05) is 38.5 Å². The highest BCUT2D eigenvalue weighted by molar-refractivity contribution is 7.99. The summed E-state index contributed by atoms with van der Waals surface area (Å²) in [7, 11) is 1.65. The molecule has 0 aliphatic rings. The number of nitrogens with one attached hydrogen (secondary N) is 1. The van der Waals surface area contributed by atoms with Crippen molar-refractivity contribution in [2.45, 2.75) is 51.2 Å². The molecule has 1 heterocycles. The molecule has 0 saturated carbocycles. The summed E-state index contributed by atoms with van der Waals surface area (Å²) in [5.74, 6) is 1.94. The first-order valence-corrected chi connectivity index (χ1v) is 10.1. The van der Waals surface area contributed by atoms with Crippen LogP contribution in [0.5, 0.6) is 5.75 Å². The van der Waals surface area contributed by atoms with Crippen LogP contribution in [0, 0.1) is 5.92 Å². The average Bonchev–Trinajstić information content (AvgIpc) is 3.08. The monoisotopic (exact) mass is 375 g/mol. The van der Waals surface area contributed by atoms with Crippen LogP contribution >= 0.6 is 11.8 Å². The van der Waals surface area contributed by atoms with E-state index in [9.17, 15) is 4.79 Å². The number of hydrogen-bond acceptors (Lipinski definition) is 4. The van der Waals surface area contributed by atoms with E-state index in [2.05, 4.69) is 31.1 Å². The Kier molecular flexibility index (Phi) is 8.04. The number of carbonyl (C=O) groups excluding carboxylic acids is 1. The highest BCUT2D eigenvalue weighted by Crippen LogP contribution is 2.22. The van der Waals surface area contributed by atoms with Crippen LogP contribution in [-0.4, -0.2) is 34.4 Å². The number of imidazole rings is 1. The van der Waals surface area contributed by atoms with Gasteiger partial charge in [-0.3, -0.25) is 9.36 Å². The molecule has 0 saturated heterocycles. The highest BCUT2D eigenvalue weighted by Gasteiger charge is 2.11. The Morgan fingerprint density at radius 2 is 1.96 bits per heavy atom. The summed E-state index contributed by atoms with van der Waals surface area (Å²) < 4.78 is 7.17. The molecule has 0 unspecified atom stereocenters. The van der Waals surface area contributed by atoms with Crippen LogP contribution in [0.4, 0.5) is 0 Å². The lowest BCUT2D eigenvalue weighted by molar-refractivity contribution is -0.119. The van der Waals surface area contributed by atoms with Gasteiger partial charge in [-0.15, -0.1) is 0 Å². The lowest BCUT2D eigenvalue weighted by Crippen LogP contribution is -2.33. The molecule has 1 amide bonds. The molecule has 26 heavy (non-hydrogen) atoms. The standard InChI is InChI=1S/C20H29N3O2S/c1-15(2)6-5-7-16(3)22-19(24)14-26-20-21-12-13-23(20)17-8-10-18(25-4)11-9-17/h8-13,15-16H,5-7,14H2,1-4H3,(H,22,24)/t16-/m0/s1. The topological polar surface area (TPSA) is 56.2 Å². The number of methoxy groups -OCH3 is 1. The van der Waals surface area contributed by atoms with Crippen molar-refractivity contribution in [1.82, 2.24) is 14.9 Å². The van der Waals surface area contributed by atoms with Gasteiger partial charge in [-0.05, 0) is 43.5 Å². The van der Waals surface area contributed by atoms with E-state index in [1.165, 1.54) is 18.2 Å². The number of hydrogen-bond donors (Lipinski definition) is 1. The smallest absolute Gasteiger partial charge is 0.230 e. The van der Waals surface area contributed by atoms with E-state index in [-0.39, 0.29) is 11.9 Å². The Hall–Kier alpha value is -1.95. The predicted molar refractivity (Wildman–Crippen MR) is 107 cm³/mol. The van der Waals surface area contributed by atoms with Gasteiger partial charge in [-0.2, -0.15) is 0 Å². The SMILES string of the molecule is COc1ccc(-n2ccnc2SCC(=O)N[C@@H](C)CCCC(C)C)cc1. The number of amides is 1. The van der Waals surface area contributed by atoms with Crippen molar-refractivity contribution in [1.29, 1.82) is 0 Å². The third-order valence-corrected chi connectivity index (χ3v) is 5.08. The van der Waals surface area contributed by atoms with Crippen molar-refractivity contribution < 1.29 is 9.53 Å². The number of aromatic nitrogens is 2. The minimum Gasteiger partial charge on any atom is -0.497 e. The largest absolute Gasteiger partial charge is 0.497 e. The van der Waals surface area contributed by atoms with Gasteiger partial charge in [-0.25, -0.2) is 4.98 Å². The van der Waals surface area contributed by atoms with E-state index in [1.54, 1.807) is 13.3 Å². The van der Waals surface area contributed by atoms with Crippen LogP contribution in [0.1, 0.15) is 40.0 Å². The normalized spacial score (nSPS) is 12.2. The van der Waals surface area contributed by atoms with Gasteiger partial charge < -0.3 is 10.1 Å². The first kappa shape index (κ1) is 20.4. The summed E-state index contributed by atoms with van der Waals surface area (Å²) in [5.41, 5.74) is 0.994. The molecule has 2 aromatic rings. The number of nitrogens with zero attached hydrogens (tertiary/aromatic N) is 2. The van der Waals surface area contributed by atoms with Crippen molar-refractivity contribution in [3.05, 3.63) is 36.7 Å². The number of rotatable bonds is 10. The molecule has 1 atom stereocenters. The molecule has 142 valence electrons. The van der Waals surface area contributed by atoms with E-state index < -0.39 is 0 Å². The average molecular weight is 376 g/mol. The van der Waals surface area contributed by atoms with Crippen molar-refractivity contribution in [2.24, 2.45) is 5.92 Å². The van der Waals surface area contributed by atoms with Gasteiger partial charge in [0.1, 0.15) is 5.75 Å². The van der Waals surface area contributed by atoms with Gasteiger partial charge in [0.05, 0.1) is 12.9 Å². The molecule has 1 aromatic heterocycles. The first-order chi connectivity index (χ1) is 12.5. The summed E-state index contributed by atoms with van der Waals surface area (Å²) in [6.07, 6.45) is 7.02. The summed E-state index contributed by atoms with van der Waals surface area (Å²) in [4.78, 5) is 16.6. The van der Waals surface area contributed by atoms with Crippen LogP contribution < -0.4 is 10.1 Å². The summed E-state index contributed by atoms with van der Waals surface area (Å²) in [5, 5.41) is 3.88. The van der Waals surface area contributed by atoms with Crippen LogP contribution in [0.15, 0.2) is 41.8 Å². The number of benzene rings is 1. The Morgan fingerprint density at radius 1 is 1.23 bits per heavy atom. The zero-order valence-corrected chi connectivity index (χ0v) is 16.9. The number of thioether (sulfide) groups is 1. The minimum absolute atomic E-state index is 0.0522. The fourth-order valence-electron chi connectivity index (χ4n) is 2.69.